The SMILES string of the molecule is COc1ccccc1NC(N)=NCc1cccnc1Oc1cccc(F)c1. The molecular formula is C20H19FN4O2. The number of aliphatic imine (C=N–C) groups is 1. The smallest absolute Gasteiger partial charge is 0.224 e. The summed E-state index contributed by atoms with van der Waals surface area (Å²) in [5.74, 6) is 1.21. The number of aromatic nitrogens is 1. The molecule has 0 atom stereocenters. The molecule has 1 aromatic heterocycles. The molecule has 0 fully saturated rings. The normalized spacial score (nSPS) is 11.1. The van der Waals surface area contributed by atoms with Crippen LogP contribution < -0.4 is 20.5 Å². The van der Waals surface area contributed by atoms with Gasteiger partial charge in [0.2, 0.25) is 5.88 Å². The van der Waals surface area contributed by atoms with Gasteiger partial charge in [0.05, 0.1) is 19.3 Å². The van der Waals surface area contributed by atoms with Gasteiger partial charge in [0.1, 0.15) is 17.3 Å². The van der Waals surface area contributed by atoms with E-state index in [-0.39, 0.29) is 18.3 Å². The van der Waals surface area contributed by atoms with E-state index >= 15 is 0 Å². The molecule has 138 valence electrons. The Kier molecular flexibility index (Phi) is 5.84. The minimum atomic E-state index is -0.381. The average Bonchev–Trinajstić information content (AvgIpc) is 2.68. The maximum Gasteiger partial charge on any atom is 0.224 e. The van der Waals surface area contributed by atoms with Gasteiger partial charge in [0, 0.05) is 17.8 Å². The number of nitrogens with zero attached hydrogens (tertiary/aromatic N) is 2. The molecule has 0 aliphatic rings. The third kappa shape index (κ3) is 4.94. The van der Waals surface area contributed by atoms with Crippen molar-refractivity contribution in [3.8, 4) is 17.4 Å². The highest BCUT2D eigenvalue weighted by Crippen LogP contribution is 2.25. The van der Waals surface area contributed by atoms with Crippen molar-refractivity contribution in [3.63, 3.8) is 0 Å². The Morgan fingerprint density at radius 3 is 2.81 bits per heavy atom. The zero-order valence-corrected chi connectivity index (χ0v) is 14.7. The van der Waals surface area contributed by atoms with E-state index in [4.69, 9.17) is 15.2 Å². The largest absolute Gasteiger partial charge is 0.495 e. The van der Waals surface area contributed by atoms with Gasteiger partial charge in [-0.25, -0.2) is 14.4 Å². The molecule has 3 N–H and O–H groups in total. The molecule has 3 rings (SSSR count). The Bertz CT molecular complexity index is 947. The molecule has 0 spiro atoms. The van der Waals surface area contributed by atoms with Crippen LogP contribution in [0.15, 0.2) is 71.9 Å². The standard InChI is InChI=1S/C20H19FN4O2/c1-26-18-10-3-2-9-17(18)25-20(22)24-13-14-6-5-11-23-19(14)27-16-8-4-7-15(21)12-16/h2-12H,13H2,1H3,(H3,22,24,25). The minimum absolute atomic E-state index is 0.222. The molecule has 0 aliphatic heterocycles. The van der Waals surface area contributed by atoms with Gasteiger partial charge in [-0.15, -0.1) is 0 Å². The summed E-state index contributed by atoms with van der Waals surface area (Å²) < 4.78 is 24.3. The highest BCUT2D eigenvalue weighted by Gasteiger charge is 2.07. The number of nitrogens with one attached hydrogen (secondary N) is 1. The van der Waals surface area contributed by atoms with E-state index in [2.05, 4.69) is 15.3 Å². The lowest BCUT2D eigenvalue weighted by Gasteiger charge is -2.11. The van der Waals surface area contributed by atoms with E-state index in [1.807, 2.05) is 30.3 Å². The number of guanidine groups is 1. The molecule has 0 aliphatic carbocycles. The van der Waals surface area contributed by atoms with E-state index in [1.54, 1.807) is 31.5 Å². The quantitative estimate of drug-likeness (QED) is 0.510. The maximum absolute atomic E-state index is 13.3. The van der Waals surface area contributed by atoms with Gasteiger partial charge < -0.3 is 20.5 Å². The van der Waals surface area contributed by atoms with Crippen molar-refractivity contribution in [2.75, 3.05) is 12.4 Å². The van der Waals surface area contributed by atoms with E-state index in [0.29, 0.717) is 28.6 Å². The Hall–Kier alpha value is -3.61. The highest BCUT2D eigenvalue weighted by molar-refractivity contribution is 5.93. The number of benzene rings is 2. The number of hydrogen-bond donors (Lipinski definition) is 2. The topological polar surface area (TPSA) is 81.8 Å². The molecule has 0 bridgehead atoms. The first-order valence-corrected chi connectivity index (χ1v) is 8.23. The molecule has 27 heavy (non-hydrogen) atoms. The summed E-state index contributed by atoms with van der Waals surface area (Å²) in [6, 6.07) is 16.8. The predicted octanol–water partition coefficient (Wildman–Crippen LogP) is 3.95. The Labute approximate surface area is 156 Å². The van der Waals surface area contributed by atoms with Gasteiger partial charge >= 0.3 is 0 Å². The first kappa shape index (κ1) is 18.2. The van der Waals surface area contributed by atoms with E-state index < -0.39 is 0 Å². The van der Waals surface area contributed by atoms with Crippen LogP contribution in [0, 0.1) is 5.82 Å². The Balaban J connectivity index is 1.73. The lowest BCUT2D eigenvalue weighted by atomic mass is 10.2. The van der Waals surface area contributed by atoms with Crippen LogP contribution in [-0.4, -0.2) is 18.1 Å². The van der Waals surface area contributed by atoms with Gasteiger partial charge in [-0.3, -0.25) is 0 Å². The summed E-state index contributed by atoms with van der Waals surface area (Å²) >= 11 is 0. The molecule has 3 aromatic rings. The number of para-hydroxylation sites is 2. The summed E-state index contributed by atoms with van der Waals surface area (Å²) in [5.41, 5.74) is 7.40. The van der Waals surface area contributed by atoms with Crippen LogP contribution in [0.5, 0.6) is 17.4 Å². The fraction of sp³-hybridized carbons (Fsp3) is 0.100. The summed E-state index contributed by atoms with van der Waals surface area (Å²) in [6.07, 6.45) is 1.60. The van der Waals surface area contributed by atoms with Crippen molar-refractivity contribution in [1.29, 1.82) is 0 Å². The molecule has 0 unspecified atom stereocenters. The third-order valence-corrected chi connectivity index (χ3v) is 3.65. The lowest BCUT2D eigenvalue weighted by Crippen LogP contribution is -2.23. The van der Waals surface area contributed by atoms with Crippen LogP contribution in [0.4, 0.5) is 10.1 Å². The van der Waals surface area contributed by atoms with Crippen LogP contribution in [0.3, 0.4) is 0 Å². The first-order valence-electron chi connectivity index (χ1n) is 8.23. The van der Waals surface area contributed by atoms with E-state index in [1.165, 1.54) is 12.1 Å². The average molecular weight is 366 g/mol. The second-order valence-electron chi connectivity index (χ2n) is 5.55. The molecule has 0 saturated heterocycles. The van der Waals surface area contributed by atoms with Crippen LogP contribution in [0.2, 0.25) is 0 Å². The molecule has 0 amide bonds. The second-order valence-corrected chi connectivity index (χ2v) is 5.55. The molecule has 0 radical (unpaired) electrons. The van der Waals surface area contributed by atoms with Crippen LogP contribution in [0.1, 0.15) is 5.56 Å². The molecular weight excluding hydrogens is 347 g/mol. The fourth-order valence-corrected chi connectivity index (χ4v) is 2.37. The van der Waals surface area contributed by atoms with Gasteiger partial charge in [0.25, 0.3) is 0 Å². The molecule has 0 saturated carbocycles. The number of rotatable bonds is 6. The number of halogens is 1. The lowest BCUT2D eigenvalue weighted by molar-refractivity contribution is 0.417. The fourth-order valence-electron chi connectivity index (χ4n) is 2.37. The van der Waals surface area contributed by atoms with Crippen molar-refractivity contribution < 1.29 is 13.9 Å². The Morgan fingerprint density at radius 2 is 2.00 bits per heavy atom. The summed E-state index contributed by atoms with van der Waals surface area (Å²) in [5, 5.41) is 3.00. The van der Waals surface area contributed by atoms with Gasteiger partial charge in [-0.2, -0.15) is 0 Å². The predicted molar refractivity (Wildman–Crippen MR) is 103 cm³/mol. The maximum atomic E-state index is 13.3. The van der Waals surface area contributed by atoms with Crippen molar-refractivity contribution in [2.24, 2.45) is 10.7 Å². The van der Waals surface area contributed by atoms with Gasteiger partial charge in [-0.05, 0) is 30.3 Å². The number of hydrogen-bond acceptors (Lipinski definition) is 4. The number of anilines is 1. The zero-order valence-electron chi connectivity index (χ0n) is 14.7. The number of pyridine rings is 1. The third-order valence-electron chi connectivity index (χ3n) is 3.65. The van der Waals surface area contributed by atoms with E-state index in [0.717, 1.165) is 0 Å². The number of nitrogens with two attached hydrogens (primary N) is 1. The van der Waals surface area contributed by atoms with Crippen molar-refractivity contribution in [2.45, 2.75) is 6.54 Å². The monoisotopic (exact) mass is 366 g/mol. The van der Waals surface area contributed by atoms with Crippen LogP contribution in [-0.2, 0) is 6.54 Å². The first-order chi connectivity index (χ1) is 13.2. The van der Waals surface area contributed by atoms with Crippen LogP contribution >= 0.6 is 0 Å². The van der Waals surface area contributed by atoms with E-state index in [9.17, 15) is 4.39 Å². The molecule has 6 nitrogen and oxygen atoms in total. The van der Waals surface area contributed by atoms with Gasteiger partial charge in [0.15, 0.2) is 5.96 Å². The molecule has 2 aromatic carbocycles. The molecule has 1 heterocycles. The van der Waals surface area contributed by atoms with Crippen molar-refractivity contribution in [1.82, 2.24) is 4.98 Å². The summed E-state index contributed by atoms with van der Waals surface area (Å²) in [6.45, 7) is 0.243. The van der Waals surface area contributed by atoms with Crippen molar-refractivity contribution in [3.05, 3.63) is 78.2 Å². The summed E-state index contributed by atoms with van der Waals surface area (Å²) in [7, 11) is 1.58. The van der Waals surface area contributed by atoms with Crippen molar-refractivity contribution >= 4 is 11.6 Å². The highest BCUT2D eigenvalue weighted by atomic mass is 19.1. The Morgan fingerprint density at radius 1 is 1.15 bits per heavy atom. The number of methoxy groups -OCH3 is 1. The number of ether oxygens (including phenoxy) is 2. The minimum Gasteiger partial charge on any atom is -0.495 e. The second kappa shape index (κ2) is 8.66. The van der Waals surface area contributed by atoms with Crippen LogP contribution in [0.25, 0.3) is 0 Å². The molecule has 7 heteroatoms. The zero-order chi connectivity index (χ0) is 19.1. The summed E-state index contributed by atoms with van der Waals surface area (Å²) in [4.78, 5) is 8.52. The van der Waals surface area contributed by atoms with Gasteiger partial charge in [-0.1, -0.05) is 24.3 Å².